The van der Waals surface area contributed by atoms with Gasteiger partial charge in [-0.3, -0.25) is 0 Å². The summed E-state index contributed by atoms with van der Waals surface area (Å²) in [5.41, 5.74) is 16.4. The molecule has 11 aromatic carbocycles. The van der Waals surface area contributed by atoms with Gasteiger partial charge in [0.2, 0.25) is 0 Å². The predicted octanol–water partition coefficient (Wildman–Crippen LogP) is 18.9. The van der Waals surface area contributed by atoms with Gasteiger partial charge in [-0.25, -0.2) is 15.0 Å². The minimum Gasteiger partial charge on any atom is -0.456 e. The van der Waals surface area contributed by atoms with E-state index >= 15 is 0 Å². The quantitative estimate of drug-likeness (QED) is 0.164. The molecule has 0 saturated carbocycles. The van der Waals surface area contributed by atoms with Crippen LogP contribution >= 0.6 is 0 Å². The van der Waals surface area contributed by atoms with Gasteiger partial charge in [-0.1, -0.05) is 140 Å². The van der Waals surface area contributed by atoms with Crippen LogP contribution in [0.5, 0.6) is 0 Å². The summed E-state index contributed by atoms with van der Waals surface area (Å²) in [5, 5.41) is 10.5. The maximum absolute atomic E-state index is 6.91. The Morgan fingerprint density at radius 2 is 0.740 bits per heavy atom. The Labute approximate surface area is 437 Å². The number of hydrogen-bond donors (Lipinski definition) is 0. The first-order valence-corrected chi connectivity index (χ1v) is 25.7. The number of benzene rings is 11. The molecule has 0 atom stereocenters. The number of para-hydroxylation sites is 5. The van der Waals surface area contributed by atoms with Gasteiger partial charge >= 0.3 is 0 Å². The lowest BCUT2D eigenvalue weighted by atomic mass is 9.95. The maximum atomic E-state index is 6.91. The molecule has 8 nitrogen and oxygen atoms in total. The molecule has 6 heterocycles. The second-order valence-electron chi connectivity index (χ2n) is 19.8. The van der Waals surface area contributed by atoms with Crippen molar-refractivity contribution in [3.05, 3.63) is 231 Å². The van der Waals surface area contributed by atoms with Crippen LogP contribution in [0.2, 0.25) is 0 Å². The Balaban J connectivity index is 0.823. The molecule has 77 heavy (non-hydrogen) atoms. The van der Waals surface area contributed by atoms with Crippen molar-refractivity contribution in [1.82, 2.24) is 19.5 Å². The van der Waals surface area contributed by atoms with Crippen LogP contribution in [0, 0.1) is 0 Å². The molecule has 0 spiro atoms. The molecule has 6 aromatic heterocycles. The Bertz CT molecular complexity index is 5170. The molecule has 0 saturated heterocycles. The number of aromatic nitrogens is 4. The topological polar surface area (TPSA) is 96.2 Å². The van der Waals surface area contributed by atoms with Gasteiger partial charge in [-0.2, -0.15) is 0 Å². The van der Waals surface area contributed by atoms with Crippen molar-refractivity contribution in [2.75, 3.05) is 0 Å². The first kappa shape index (κ1) is 41.9. The Morgan fingerprint density at radius 1 is 0.260 bits per heavy atom. The van der Waals surface area contributed by atoms with Crippen molar-refractivity contribution in [3.8, 4) is 62.1 Å². The molecule has 0 aliphatic rings. The zero-order valence-corrected chi connectivity index (χ0v) is 40.9. The van der Waals surface area contributed by atoms with E-state index in [1.165, 1.54) is 16.3 Å². The van der Waals surface area contributed by atoms with Crippen LogP contribution in [0.3, 0.4) is 0 Å². The molecule has 0 amide bonds. The third-order valence-corrected chi connectivity index (χ3v) is 15.5. The van der Waals surface area contributed by atoms with Gasteiger partial charge in [-0.05, 0) is 108 Å². The molecule has 17 rings (SSSR count). The smallest absolute Gasteiger partial charge is 0.164 e. The highest BCUT2D eigenvalue weighted by Gasteiger charge is 2.23. The first-order chi connectivity index (χ1) is 38.1. The summed E-state index contributed by atoms with van der Waals surface area (Å²) >= 11 is 0. The van der Waals surface area contributed by atoms with E-state index in [2.05, 4.69) is 174 Å². The van der Waals surface area contributed by atoms with Gasteiger partial charge in [0.15, 0.2) is 17.5 Å². The lowest BCUT2D eigenvalue weighted by molar-refractivity contribution is 0.668. The molecular formula is C69H38N4O4. The number of fused-ring (bicyclic) bond motifs is 15. The second-order valence-corrected chi connectivity index (χ2v) is 19.8. The molecule has 0 radical (unpaired) electrons. The largest absolute Gasteiger partial charge is 0.456 e. The first-order valence-electron chi connectivity index (χ1n) is 25.7. The van der Waals surface area contributed by atoms with Crippen LogP contribution in [0.1, 0.15) is 0 Å². The summed E-state index contributed by atoms with van der Waals surface area (Å²) in [6.45, 7) is 0. The van der Waals surface area contributed by atoms with E-state index in [0.717, 1.165) is 138 Å². The van der Waals surface area contributed by atoms with Crippen molar-refractivity contribution < 1.29 is 17.7 Å². The van der Waals surface area contributed by atoms with Crippen molar-refractivity contribution in [2.45, 2.75) is 0 Å². The Hall–Kier alpha value is -10.6. The molecule has 0 aliphatic carbocycles. The van der Waals surface area contributed by atoms with Gasteiger partial charge in [-0.15, -0.1) is 0 Å². The van der Waals surface area contributed by atoms with Crippen LogP contribution in [0.25, 0.3) is 172 Å². The van der Waals surface area contributed by atoms with Gasteiger partial charge in [0, 0.05) is 81.8 Å². The minimum atomic E-state index is 0.511. The van der Waals surface area contributed by atoms with Gasteiger partial charge in [0.25, 0.3) is 0 Å². The summed E-state index contributed by atoms with van der Waals surface area (Å²) < 4.78 is 28.7. The van der Waals surface area contributed by atoms with E-state index in [4.69, 9.17) is 32.6 Å². The SMILES string of the molecule is c1ccc(-n2c3ccccc3c3cc(-c4cccc5c4oc4cccc(-c6ccc7oc8cccc(-c9nc(-c%10ccc%11c(c%10)oc%10ccccc%10%11)nc(-c%10ccc%11c(c%10)oc%10ccccc%10%11)n9)c8c7c6)c45)ccc32)cc1. The molecule has 0 aliphatic heterocycles. The third kappa shape index (κ3) is 6.30. The lowest BCUT2D eigenvalue weighted by Crippen LogP contribution is -2.00. The summed E-state index contributed by atoms with van der Waals surface area (Å²) in [5.74, 6) is 1.54. The normalized spacial score (nSPS) is 12.2. The molecule has 358 valence electrons. The molecule has 0 N–H and O–H groups in total. The number of rotatable bonds is 6. The second kappa shape index (κ2) is 16.0. The lowest BCUT2D eigenvalue weighted by Gasteiger charge is -2.10. The fourth-order valence-corrected chi connectivity index (χ4v) is 12.0. The number of nitrogens with zero attached hydrogens (tertiary/aromatic N) is 4. The van der Waals surface area contributed by atoms with Crippen LogP contribution in [0.15, 0.2) is 248 Å². The summed E-state index contributed by atoms with van der Waals surface area (Å²) in [4.78, 5) is 15.7. The molecule has 17 aromatic rings. The van der Waals surface area contributed by atoms with E-state index in [1.807, 2.05) is 60.7 Å². The maximum Gasteiger partial charge on any atom is 0.164 e. The fourth-order valence-electron chi connectivity index (χ4n) is 12.0. The predicted molar refractivity (Wildman–Crippen MR) is 310 cm³/mol. The van der Waals surface area contributed by atoms with E-state index < -0.39 is 0 Å². The summed E-state index contributed by atoms with van der Waals surface area (Å²) in [7, 11) is 0. The molecule has 0 bridgehead atoms. The van der Waals surface area contributed by atoms with Crippen molar-refractivity contribution in [1.29, 1.82) is 0 Å². The zero-order chi connectivity index (χ0) is 50.3. The van der Waals surface area contributed by atoms with Crippen LogP contribution in [-0.4, -0.2) is 19.5 Å². The van der Waals surface area contributed by atoms with Gasteiger partial charge < -0.3 is 22.2 Å². The average Bonchev–Trinajstić information content (AvgIpc) is 4.35. The Morgan fingerprint density at radius 3 is 1.48 bits per heavy atom. The van der Waals surface area contributed by atoms with Crippen molar-refractivity contribution >= 4 is 110 Å². The number of furan rings is 4. The highest BCUT2D eigenvalue weighted by molar-refractivity contribution is 6.19. The van der Waals surface area contributed by atoms with Crippen LogP contribution in [-0.2, 0) is 0 Å². The van der Waals surface area contributed by atoms with E-state index in [9.17, 15) is 0 Å². The average molecular weight is 987 g/mol. The summed E-state index contributed by atoms with van der Waals surface area (Å²) in [6, 6.07) is 79.8. The molecule has 0 unspecified atom stereocenters. The van der Waals surface area contributed by atoms with E-state index in [-0.39, 0.29) is 0 Å². The van der Waals surface area contributed by atoms with Gasteiger partial charge in [0.05, 0.1) is 11.0 Å². The van der Waals surface area contributed by atoms with Crippen LogP contribution < -0.4 is 0 Å². The monoisotopic (exact) mass is 986 g/mol. The zero-order valence-electron chi connectivity index (χ0n) is 40.9. The highest BCUT2D eigenvalue weighted by atomic mass is 16.3. The van der Waals surface area contributed by atoms with Crippen molar-refractivity contribution in [3.63, 3.8) is 0 Å². The molecule has 0 fully saturated rings. The van der Waals surface area contributed by atoms with Crippen LogP contribution in [0.4, 0.5) is 0 Å². The number of hydrogen-bond acceptors (Lipinski definition) is 7. The Kier molecular flexibility index (Phi) is 8.68. The third-order valence-electron chi connectivity index (χ3n) is 15.5. The van der Waals surface area contributed by atoms with Crippen molar-refractivity contribution in [2.24, 2.45) is 0 Å². The molecular weight excluding hydrogens is 949 g/mol. The molecule has 8 heteroatoms. The highest BCUT2D eigenvalue weighted by Crippen LogP contribution is 2.45. The fraction of sp³-hybridized carbons (Fsp3) is 0. The summed E-state index contributed by atoms with van der Waals surface area (Å²) in [6.07, 6.45) is 0. The minimum absolute atomic E-state index is 0.511. The van der Waals surface area contributed by atoms with Gasteiger partial charge in [0.1, 0.15) is 44.7 Å². The van der Waals surface area contributed by atoms with E-state index in [0.29, 0.717) is 17.5 Å². The van der Waals surface area contributed by atoms with E-state index in [1.54, 1.807) is 0 Å². The standard InChI is InChI=1S/C69H38N4O4/c1-2-13-43(14-3-1)73-55-22-7-4-15-46(55)53-35-40(29-33-56(53)73)45-19-10-20-51-64-44(18-11-26-61(64)77-66(45)51)39-30-34-59-54(36-39)65-52(21-12-25-60(65)74-59)69-71-67(41-27-31-49-47-16-5-8-23-57(47)75-62(49)37-41)70-68(72-69)42-28-32-50-48-17-6-9-24-58(48)76-63(50)38-42/h1-38H.